The molecule has 2 aromatic rings. The standard InChI is InChI=1S/C19H22BrNO5/c1-19(2)18(25)17(13-10-12(20)3-4-15(13)26-19)21-7-5-11(9-16(21)24)14(23)6-8-22/h3-5,7,9-10,14,17-18,22-23,25H,6,8H2,1-2H3/t14?,17-,18+/m1/s1. The van der Waals surface area contributed by atoms with Crippen LogP contribution in [0.25, 0.3) is 0 Å². The van der Waals surface area contributed by atoms with Gasteiger partial charge in [0.15, 0.2) is 0 Å². The Morgan fingerprint density at radius 3 is 2.69 bits per heavy atom. The summed E-state index contributed by atoms with van der Waals surface area (Å²) in [4.78, 5) is 12.7. The number of aromatic nitrogens is 1. The van der Waals surface area contributed by atoms with Crippen molar-refractivity contribution < 1.29 is 20.1 Å². The average molecular weight is 424 g/mol. The molecule has 3 N–H and O–H groups in total. The predicted octanol–water partition coefficient (Wildman–Crippen LogP) is 2.15. The summed E-state index contributed by atoms with van der Waals surface area (Å²) in [7, 11) is 0. The van der Waals surface area contributed by atoms with E-state index < -0.39 is 23.9 Å². The van der Waals surface area contributed by atoms with E-state index in [-0.39, 0.29) is 18.6 Å². The summed E-state index contributed by atoms with van der Waals surface area (Å²) in [5.74, 6) is 0.616. The maximum atomic E-state index is 12.7. The minimum atomic E-state index is -0.949. The molecule has 1 aliphatic rings. The zero-order chi connectivity index (χ0) is 19.1. The number of nitrogens with zero attached hydrogens (tertiary/aromatic N) is 1. The maximum absolute atomic E-state index is 12.7. The zero-order valence-electron chi connectivity index (χ0n) is 14.6. The van der Waals surface area contributed by atoms with Crippen molar-refractivity contribution in [1.29, 1.82) is 0 Å². The molecule has 3 atom stereocenters. The Hall–Kier alpha value is -1.67. The van der Waals surface area contributed by atoms with Gasteiger partial charge in [-0.2, -0.15) is 0 Å². The second-order valence-corrected chi connectivity index (χ2v) is 7.93. The summed E-state index contributed by atoms with van der Waals surface area (Å²) in [5.41, 5.74) is -0.0697. The van der Waals surface area contributed by atoms with Crippen molar-refractivity contribution in [3.8, 4) is 5.75 Å². The van der Waals surface area contributed by atoms with Gasteiger partial charge in [0.1, 0.15) is 17.5 Å². The van der Waals surface area contributed by atoms with Crippen molar-refractivity contribution in [1.82, 2.24) is 4.57 Å². The van der Waals surface area contributed by atoms with Crippen molar-refractivity contribution in [2.24, 2.45) is 0 Å². The molecule has 0 saturated heterocycles. The monoisotopic (exact) mass is 423 g/mol. The number of hydrogen-bond donors (Lipinski definition) is 3. The average Bonchev–Trinajstić information content (AvgIpc) is 2.57. The number of aliphatic hydroxyl groups excluding tert-OH is 3. The van der Waals surface area contributed by atoms with Gasteiger partial charge in [0, 0.05) is 35.3 Å². The molecule has 0 amide bonds. The highest BCUT2D eigenvalue weighted by molar-refractivity contribution is 9.10. The summed E-state index contributed by atoms with van der Waals surface area (Å²) in [6.45, 7) is 3.39. The fraction of sp³-hybridized carbons (Fsp3) is 0.421. The molecule has 1 aromatic carbocycles. The fourth-order valence-electron chi connectivity index (χ4n) is 3.27. The van der Waals surface area contributed by atoms with Gasteiger partial charge >= 0.3 is 0 Å². The van der Waals surface area contributed by atoms with Crippen LogP contribution in [0.5, 0.6) is 5.75 Å². The molecule has 0 saturated carbocycles. The van der Waals surface area contributed by atoms with E-state index in [0.29, 0.717) is 16.9 Å². The molecule has 1 unspecified atom stereocenters. The number of fused-ring (bicyclic) bond motifs is 1. The summed E-state index contributed by atoms with van der Waals surface area (Å²) < 4.78 is 8.19. The first kappa shape index (κ1) is 19.1. The van der Waals surface area contributed by atoms with Gasteiger partial charge in [-0.05, 0) is 43.7 Å². The van der Waals surface area contributed by atoms with Crippen LogP contribution in [-0.4, -0.2) is 38.2 Å². The van der Waals surface area contributed by atoms with Gasteiger partial charge in [-0.1, -0.05) is 15.9 Å². The molecule has 0 radical (unpaired) electrons. The Balaban J connectivity index is 2.10. The second-order valence-electron chi connectivity index (χ2n) is 7.01. The molecule has 0 spiro atoms. The molecule has 1 aliphatic heterocycles. The number of aliphatic hydroxyl groups is 3. The van der Waals surface area contributed by atoms with Gasteiger partial charge in [0.2, 0.25) is 0 Å². The molecule has 26 heavy (non-hydrogen) atoms. The molecule has 140 valence electrons. The molecule has 0 bridgehead atoms. The summed E-state index contributed by atoms with van der Waals surface area (Å²) in [5, 5.41) is 29.8. The van der Waals surface area contributed by atoms with Gasteiger partial charge in [-0.15, -0.1) is 0 Å². The third-order valence-corrected chi connectivity index (χ3v) is 5.23. The van der Waals surface area contributed by atoms with E-state index in [1.165, 1.54) is 10.6 Å². The smallest absolute Gasteiger partial charge is 0.251 e. The Morgan fingerprint density at radius 1 is 1.31 bits per heavy atom. The fourth-order valence-corrected chi connectivity index (χ4v) is 3.65. The molecule has 3 rings (SSSR count). The van der Waals surface area contributed by atoms with Crippen LogP contribution in [-0.2, 0) is 0 Å². The van der Waals surface area contributed by atoms with Crippen LogP contribution >= 0.6 is 15.9 Å². The third kappa shape index (κ3) is 3.44. The van der Waals surface area contributed by atoms with Crippen molar-refractivity contribution in [3.05, 3.63) is 62.5 Å². The van der Waals surface area contributed by atoms with Crippen LogP contribution in [0.3, 0.4) is 0 Å². The number of rotatable bonds is 4. The Labute approximate surface area is 159 Å². The lowest BCUT2D eigenvalue weighted by atomic mass is 9.86. The SMILES string of the molecule is CC1(C)Oc2ccc(Br)cc2[C@@H](n2ccc(C(O)CCO)cc2=O)[C@@H]1O. The lowest BCUT2D eigenvalue weighted by Crippen LogP contribution is -2.52. The van der Waals surface area contributed by atoms with Gasteiger partial charge in [-0.3, -0.25) is 4.79 Å². The van der Waals surface area contributed by atoms with E-state index in [0.717, 1.165) is 4.47 Å². The van der Waals surface area contributed by atoms with Crippen LogP contribution in [0.2, 0.25) is 0 Å². The third-order valence-electron chi connectivity index (χ3n) is 4.73. The van der Waals surface area contributed by atoms with Crippen molar-refractivity contribution in [2.75, 3.05) is 6.61 Å². The van der Waals surface area contributed by atoms with E-state index in [2.05, 4.69) is 15.9 Å². The van der Waals surface area contributed by atoms with Gasteiger partial charge in [0.05, 0.1) is 12.1 Å². The highest BCUT2D eigenvalue weighted by Gasteiger charge is 2.44. The van der Waals surface area contributed by atoms with Crippen LogP contribution in [0.1, 0.15) is 43.5 Å². The zero-order valence-corrected chi connectivity index (χ0v) is 16.2. The first-order chi connectivity index (χ1) is 12.2. The van der Waals surface area contributed by atoms with Gasteiger partial charge < -0.3 is 24.6 Å². The Bertz CT molecular complexity index is 863. The highest BCUT2D eigenvalue weighted by atomic mass is 79.9. The lowest BCUT2D eigenvalue weighted by Gasteiger charge is -2.42. The molecule has 7 heteroatoms. The van der Waals surface area contributed by atoms with Crippen molar-refractivity contribution in [2.45, 2.75) is 44.1 Å². The van der Waals surface area contributed by atoms with Crippen LogP contribution in [0.15, 0.2) is 45.8 Å². The lowest BCUT2D eigenvalue weighted by molar-refractivity contribution is -0.0643. The molecule has 0 fully saturated rings. The Kier molecular flexibility index (Phi) is 5.25. The van der Waals surface area contributed by atoms with E-state index in [1.54, 1.807) is 26.1 Å². The first-order valence-corrected chi connectivity index (χ1v) is 9.21. The maximum Gasteiger partial charge on any atom is 0.251 e. The topological polar surface area (TPSA) is 91.9 Å². The predicted molar refractivity (Wildman–Crippen MR) is 100 cm³/mol. The van der Waals surface area contributed by atoms with E-state index >= 15 is 0 Å². The van der Waals surface area contributed by atoms with Crippen LogP contribution in [0.4, 0.5) is 0 Å². The molecule has 1 aromatic heterocycles. The minimum Gasteiger partial charge on any atom is -0.485 e. The number of ether oxygens (including phenoxy) is 1. The molecule has 2 heterocycles. The minimum absolute atomic E-state index is 0.159. The van der Waals surface area contributed by atoms with Crippen molar-refractivity contribution >= 4 is 15.9 Å². The molecule has 0 aliphatic carbocycles. The molecular formula is C19H22BrNO5. The molecular weight excluding hydrogens is 402 g/mol. The Morgan fingerprint density at radius 2 is 2.04 bits per heavy atom. The number of hydrogen-bond acceptors (Lipinski definition) is 5. The van der Waals surface area contributed by atoms with E-state index in [9.17, 15) is 15.0 Å². The van der Waals surface area contributed by atoms with E-state index in [4.69, 9.17) is 9.84 Å². The summed E-state index contributed by atoms with van der Waals surface area (Å²) >= 11 is 3.42. The van der Waals surface area contributed by atoms with Gasteiger partial charge in [0.25, 0.3) is 5.56 Å². The first-order valence-electron chi connectivity index (χ1n) is 8.42. The van der Waals surface area contributed by atoms with E-state index in [1.807, 2.05) is 18.2 Å². The largest absolute Gasteiger partial charge is 0.485 e. The summed E-state index contributed by atoms with van der Waals surface area (Å²) in [6.07, 6.45) is -0.125. The van der Waals surface area contributed by atoms with Crippen molar-refractivity contribution in [3.63, 3.8) is 0 Å². The van der Waals surface area contributed by atoms with Crippen LogP contribution < -0.4 is 10.3 Å². The number of halogens is 1. The second kappa shape index (κ2) is 7.15. The normalized spacial score (nSPS) is 22.4. The quantitative estimate of drug-likeness (QED) is 0.700. The van der Waals surface area contributed by atoms with Crippen LogP contribution in [0, 0.1) is 0 Å². The number of pyridine rings is 1. The number of benzene rings is 1. The molecule has 6 nitrogen and oxygen atoms in total. The van der Waals surface area contributed by atoms with Gasteiger partial charge in [-0.25, -0.2) is 0 Å². The highest BCUT2D eigenvalue weighted by Crippen LogP contribution is 2.42. The summed E-state index contributed by atoms with van der Waals surface area (Å²) in [6, 6.07) is 7.84.